The Labute approximate surface area is 161 Å². The zero-order valence-electron chi connectivity index (χ0n) is 15.3. The van der Waals surface area contributed by atoms with Gasteiger partial charge in [-0.2, -0.15) is 0 Å². The molecule has 0 aliphatic heterocycles. The summed E-state index contributed by atoms with van der Waals surface area (Å²) in [5, 5.41) is 20.8. The minimum Gasteiger partial charge on any atom is -0.505 e. The molecule has 150 valence electrons. The number of benzene rings is 2. The van der Waals surface area contributed by atoms with Gasteiger partial charge in [0, 0.05) is 25.2 Å². The maximum absolute atomic E-state index is 13.8. The molecule has 0 fully saturated rings. The van der Waals surface area contributed by atoms with Crippen LogP contribution in [0.5, 0.6) is 5.75 Å². The number of hydrogen-bond donors (Lipinski definition) is 3. The largest absolute Gasteiger partial charge is 0.505 e. The monoisotopic (exact) mass is 391 g/mol. The minimum atomic E-state index is -1.11. The Morgan fingerprint density at radius 2 is 1.89 bits per heavy atom. The molecule has 7 nitrogen and oxygen atoms in total. The first-order valence-electron chi connectivity index (χ1n) is 8.74. The summed E-state index contributed by atoms with van der Waals surface area (Å²) in [6, 6.07) is 11.6. The van der Waals surface area contributed by atoms with E-state index in [2.05, 4.69) is 5.32 Å². The van der Waals surface area contributed by atoms with Gasteiger partial charge in [-0.05, 0) is 36.8 Å². The third-order valence-electron chi connectivity index (χ3n) is 3.92. The zero-order chi connectivity index (χ0) is 20.5. The van der Waals surface area contributed by atoms with Crippen molar-refractivity contribution in [2.24, 2.45) is 0 Å². The summed E-state index contributed by atoms with van der Waals surface area (Å²) in [6.07, 6.45) is -2.82. The van der Waals surface area contributed by atoms with Crippen LogP contribution in [-0.2, 0) is 9.47 Å². The second kappa shape index (κ2) is 10.4. The molecule has 8 heteroatoms. The SMILES string of the molecule is CCO[C@@H](CCO)[C@@H](OC(=O)NC(=O)c1ccccc1)c1ccc(O)c(F)c1. The van der Waals surface area contributed by atoms with E-state index in [4.69, 9.17) is 9.47 Å². The van der Waals surface area contributed by atoms with E-state index in [-0.39, 0.29) is 30.8 Å². The molecule has 0 radical (unpaired) electrons. The lowest BCUT2D eigenvalue weighted by molar-refractivity contribution is -0.0510. The highest BCUT2D eigenvalue weighted by Gasteiger charge is 2.29. The number of aromatic hydroxyl groups is 1. The van der Waals surface area contributed by atoms with E-state index in [0.29, 0.717) is 0 Å². The smallest absolute Gasteiger partial charge is 0.414 e. The number of ether oxygens (including phenoxy) is 2. The summed E-state index contributed by atoms with van der Waals surface area (Å²) < 4.78 is 24.7. The fourth-order valence-corrected chi connectivity index (χ4v) is 2.62. The predicted molar refractivity (Wildman–Crippen MR) is 98.3 cm³/mol. The second-order valence-electron chi connectivity index (χ2n) is 5.86. The average molecular weight is 391 g/mol. The van der Waals surface area contributed by atoms with Crippen LogP contribution in [0.15, 0.2) is 48.5 Å². The average Bonchev–Trinajstić information content (AvgIpc) is 2.69. The number of amides is 2. The van der Waals surface area contributed by atoms with Gasteiger partial charge in [0.2, 0.25) is 0 Å². The van der Waals surface area contributed by atoms with Crippen molar-refractivity contribution in [3.63, 3.8) is 0 Å². The molecule has 0 saturated heterocycles. The molecular formula is C20H22FNO6. The van der Waals surface area contributed by atoms with E-state index < -0.39 is 35.8 Å². The number of nitrogens with one attached hydrogen (secondary N) is 1. The highest BCUT2D eigenvalue weighted by molar-refractivity contribution is 6.02. The molecule has 0 aliphatic rings. The molecule has 0 heterocycles. The fourth-order valence-electron chi connectivity index (χ4n) is 2.62. The maximum atomic E-state index is 13.8. The molecule has 2 rings (SSSR count). The molecule has 0 saturated carbocycles. The van der Waals surface area contributed by atoms with Crippen LogP contribution in [0.1, 0.15) is 35.4 Å². The van der Waals surface area contributed by atoms with Crippen LogP contribution in [0.25, 0.3) is 0 Å². The van der Waals surface area contributed by atoms with Gasteiger partial charge in [0.15, 0.2) is 17.7 Å². The minimum absolute atomic E-state index is 0.112. The molecule has 0 unspecified atom stereocenters. The third kappa shape index (κ3) is 5.77. The summed E-state index contributed by atoms with van der Waals surface area (Å²) in [7, 11) is 0. The van der Waals surface area contributed by atoms with E-state index >= 15 is 0 Å². The first-order chi connectivity index (χ1) is 13.5. The fraction of sp³-hybridized carbons (Fsp3) is 0.300. The Bertz CT molecular complexity index is 793. The zero-order valence-corrected chi connectivity index (χ0v) is 15.3. The number of halogens is 1. The molecule has 2 atom stereocenters. The number of rotatable bonds is 8. The molecule has 2 aromatic carbocycles. The van der Waals surface area contributed by atoms with E-state index in [1.165, 1.54) is 18.2 Å². The molecule has 28 heavy (non-hydrogen) atoms. The highest BCUT2D eigenvalue weighted by Crippen LogP contribution is 2.29. The van der Waals surface area contributed by atoms with Crippen LogP contribution in [0, 0.1) is 5.82 Å². The van der Waals surface area contributed by atoms with Gasteiger partial charge in [-0.25, -0.2) is 9.18 Å². The number of imide groups is 1. The van der Waals surface area contributed by atoms with Crippen molar-refractivity contribution < 1.29 is 33.7 Å². The Morgan fingerprint density at radius 3 is 2.50 bits per heavy atom. The number of carbonyl (C=O) groups is 2. The first kappa shape index (κ1) is 21.3. The number of carbonyl (C=O) groups excluding carboxylic acids is 2. The van der Waals surface area contributed by atoms with Crippen LogP contribution in [0.2, 0.25) is 0 Å². The van der Waals surface area contributed by atoms with Crippen LogP contribution in [0.4, 0.5) is 9.18 Å². The summed E-state index contributed by atoms with van der Waals surface area (Å²) >= 11 is 0. The molecule has 0 aromatic heterocycles. The second-order valence-corrected chi connectivity index (χ2v) is 5.86. The molecule has 3 N–H and O–H groups in total. The van der Waals surface area contributed by atoms with Crippen molar-refractivity contribution in [1.82, 2.24) is 5.32 Å². The maximum Gasteiger partial charge on any atom is 0.414 e. The number of aliphatic hydroxyl groups excluding tert-OH is 1. The molecule has 0 spiro atoms. The lowest BCUT2D eigenvalue weighted by Crippen LogP contribution is -2.35. The molecule has 2 aromatic rings. The molecule has 0 aliphatic carbocycles. The van der Waals surface area contributed by atoms with Gasteiger partial charge in [-0.1, -0.05) is 24.3 Å². The Balaban J connectivity index is 2.21. The van der Waals surface area contributed by atoms with Crippen molar-refractivity contribution in [1.29, 1.82) is 0 Å². The van der Waals surface area contributed by atoms with Gasteiger partial charge < -0.3 is 19.7 Å². The Morgan fingerprint density at radius 1 is 1.18 bits per heavy atom. The summed E-state index contributed by atoms with van der Waals surface area (Å²) in [4.78, 5) is 24.4. The quantitative estimate of drug-likeness (QED) is 0.639. The predicted octanol–water partition coefficient (Wildman–Crippen LogP) is 2.93. The van der Waals surface area contributed by atoms with Crippen LogP contribution >= 0.6 is 0 Å². The van der Waals surface area contributed by atoms with Crippen molar-refractivity contribution in [3.05, 3.63) is 65.5 Å². The van der Waals surface area contributed by atoms with Crippen molar-refractivity contribution in [3.8, 4) is 5.75 Å². The molecule has 2 amide bonds. The van der Waals surface area contributed by atoms with Crippen LogP contribution in [-0.4, -0.2) is 41.5 Å². The summed E-state index contributed by atoms with van der Waals surface area (Å²) in [5.41, 5.74) is 0.480. The van der Waals surface area contributed by atoms with Gasteiger partial charge in [-0.3, -0.25) is 10.1 Å². The van der Waals surface area contributed by atoms with E-state index in [9.17, 15) is 24.2 Å². The van der Waals surface area contributed by atoms with Gasteiger partial charge in [0.05, 0.1) is 0 Å². The summed E-state index contributed by atoms with van der Waals surface area (Å²) in [5.74, 6) is -2.11. The van der Waals surface area contributed by atoms with Gasteiger partial charge >= 0.3 is 6.09 Å². The Kier molecular flexibility index (Phi) is 7.91. The first-order valence-corrected chi connectivity index (χ1v) is 8.74. The van der Waals surface area contributed by atoms with Crippen molar-refractivity contribution in [2.45, 2.75) is 25.6 Å². The number of alkyl carbamates (subject to hydrolysis) is 1. The standard InChI is InChI=1S/C20H22FNO6/c1-2-27-17(10-11-23)18(14-8-9-16(24)15(21)12-14)28-20(26)22-19(25)13-6-4-3-5-7-13/h3-9,12,17-18,23-24H,2,10-11H2,1H3,(H,22,25,26)/t17-,18-/m0/s1. The number of hydrogen-bond acceptors (Lipinski definition) is 6. The highest BCUT2D eigenvalue weighted by atomic mass is 19.1. The van der Waals surface area contributed by atoms with E-state index in [1.807, 2.05) is 0 Å². The normalized spacial score (nSPS) is 12.8. The van der Waals surface area contributed by atoms with E-state index in [0.717, 1.165) is 12.1 Å². The van der Waals surface area contributed by atoms with E-state index in [1.54, 1.807) is 25.1 Å². The van der Waals surface area contributed by atoms with Crippen molar-refractivity contribution in [2.75, 3.05) is 13.2 Å². The lowest BCUT2D eigenvalue weighted by atomic mass is 10.0. The van der Waals surface area contributed by atoms with Gasteiger partial charge in [0.25, 0.3) is 5.91 Å². The van der Waals surface area contributed by atoms with Gasteiger partial charge in [-0.15, -0.1) is 0 Å². The topological polar surface area (TPSA) is 105 Å². The molecular weight excluding hydrogens is 369 g/mol. The van der Waals surface area contributed by atoms with Gasteiger partial charge in [0.1, 0.15) is 6.10 Å². The van der Waals surface area contributed by atoms with Crippen molar-refractivity contribution >= 4 is 12.0 Å². The number of phenols is 1. The van der Waals surface area contributed by atoms with Crippen LogP contribution < -0.4 is 5.32 Å². The summed E-state index contributed by atoms with van der Waals surface area (Å²) in [6.45, 7) is 1.73. The Hall–Kier alpha value is -2.97. The van der Waals surface area contributed by atoms with Crippen LogP contribution in [0.3, 0.4) is 0 Å². The lowest BCUT2D eigenvalue weighted by Gasteiger charge is -2.27. The number of aliphatic hydroxyl groups is 1. The third-order valence-corrected chi connectivity index (χ3v) is 3.92. The number of phenolic OH excluding ortho intramolecular Hbond substituents is 1. The molecule has 0 bridgehead atoms.